The second-order valence-corrected chi connectivity index (χ2v) is 12.0. The molecule has 2 aliphatic carbocycles. The molecule has 2 amide bonds. The van der Waals surface area contributed by atoms with Crippen LogP contribution in [-0.2, 0) is 6.18 Å². The van der Waals surface area contributed by atoms with Crippen LogP contribution in [0.1, 0.15) is 66.3 Å². The van der Waals surface area contributed by atoms with Crippen molar-refractivity contribution < 1.29 is 27.9 Å². The van der Waals surface area contributed by atoms with Crippen LogP contribution in [0.25, 0.3) is 16.7 Å². The lowest BCUT2D eigenvalue weighted by atomic mass is 10.1. The number of imidazole rings is 1. The third-order valence-electron chi connectivity index (χ3n) is 8.99. The van der Waals surface area contributed by atoms with E-state index < -0.39 is 23.4 Å². The van der Waals surface area contributed by atoms with Gasteiger partial charge >= 0.3 is 12.3 Å². The summed E-state index contributed by atoms with van der Waals surface area (Å²) >= 11 is 0. The molecule has 0 radical (unpaired) electrons. The number of hydrogen-bond donors (Lipinski definition) is 2. The van der Waals surface area contributed by atoms with E-state index in [1.54, 1.807) is 36.4 Å². The first-order chi connectivity index (χ1) is 21.0. The molecule has 1 spiro atoms. The Morgan fingerprint density at radius 2 is 1.84 bits per heavy atom. The minimum Gasteiger partial charge on any atom is -0.465 e. The zero-order valence-electron chi connectivity index (χ0n) is 24.0. The van der Waals surface area contributed by atoms with Gasteiger partial charge in [-0.1, -0.05) is 12.8 Å². The Morgan fingerprint density at radius 1 is 1.07 bits per heavy atom. The molecule has 0 atom stereocenters. The molecule has 4 heterocycles. The van der Waals surface area contributed by atoms with Crippen LogP contribution < -0.4 is 5.32 Å². The molecule has 2 saturated carbocycles. The van der Waals surface area contributed by atoms with Crippen molar-refractivity contribution in [1.82, 2.24) is 33.9 Å². The van der Waals surface area contributed by atoms with Crippen molar-refractivity contribution in [1.29, 1.82) is 0 Å². The Hall–Kier alpha value is -4.62. The molecule has 1 aromatic carbocycles. The molecule has 44 heavy (non-hydrogen) atoms. The van der Waals surface area contributed by atoms with E-state index in [-0.39, 0.29) is 35.8 Å². The van der Waals surface area contributed by atoms with Gasteiger partial charge in [0.15, 0.2) is 0 Å². The predicted molar refractivity (Wildman–Crippen MR) is 154 cm³/mol. The number of carbonyl (C=O) groups excluding carboxylic acids is 1. The summed E-state index contributed by atoms with van der Waals surface area (Å²) in [4.78, 5) is 42.2. The number of anilines is 2. The summed E-state index contributed by atoms with van der Waals surface area (Å²) in [6.07, 6.45) is 4.35. The summed E-state index contributed by atoms with van der Waals surface area (Å²) in [6, 6.07) is 5.44. The second kappa shape index (κ2) is 10.2. The van der Waals surface area contributed by atoms with Gasteiger partial charge in [0.2, 0.25) is 5.95 Å². The number of benzene rings is 1. The number of amides is 2. The van der Waals surface area contributed by atoms with E-state index in [2.05, 4.69) is 15.3 Å². The van der Waals surface area contributed by atoms with Crippen LogP contribution in [0.5, 0.6) is 0 Å². The van der Waals surface area contributed by atoms with E-state index in [0.717, 1.165) is 50.7 Å². The fourth-order valence-corrected chi connectivity index (χ4v) is 6.64. The largest absolute Gasteiger partial charge is 0.465 e. The molecule has 7 rings (SSSR count). The topological polar surface area (TPSA) is 121 Å². The molecule has 3 aromatic heterocycles. The van der Waals surface area contributed by atoms with Crippen LogP contribution in [0.15, 0.2) is 43.0 Å². The number of piperazine rings is 1. The SMILES string of the molecule is Cc1cn(-c2cc(Nc3ncc4cc(C(=O)N5CCN(C(=O)O)C6(CC6)C5)n(C5CCCC5)c4n3)cc(C(F)(F)F)c2)cn1. The summed E-state index contributed by atoms with van der Waals surface area (Å²) in [7, 11) is 0. The Kier molecular flexibility index (Phi) is 6.55. The molecule has 4 aromatic rings. The van der Waals surface area contributed by atoms with E-state index in [4.69, 9.17) is 4.98 Å². The maximum absolute atomic E-state index is 14.0. The molecule has 3 fully saturated rings. The lowest BCUT2D eigenvalue weighted by Crippen LogP contribution is -2.58. The molecule has 2 N–H and O–H groups in total. The molecule has 3 aliphatic rings. The van der Waals surface area contributed by atoms with Crippen LogP contribution in [0.2, 0.25) is 0 Å². The first-order valence-electron chi connectivity index (χ1n) is 14.7. The molecule has 1 aliphatic heterocycles. The number of halogens is 3. The van der Waals surface area contributed by atoms with Gasteiger partial charge in [-0.2, -0.15) is 18.2 Å². The number of carbonyl (C=O) groups is 2. The van der Waals surface area contributed by atoms with Gasteiger partial charge in [0.1, 0.15) is 11.3 Å². The lowest BCUT2D eigenvalue weighted by Gasteiger charge is -2.40. The van der Waals surface area contributed by atoms with Crippen molar-refractivity contribution in [2.75, 3.05) is 25.0 Å². The monoisotopic (exact) mass is 608 g/mol. The zero-order valence-corrected chi connectivity index (χ0v) is 24.0. The minimum absolute atomic E-state index is 0.0361. The highest BCUT2D eigenvalue weighted by atomic mass is 19.4. The van der Waals surface area contributed by atoms with Gasteiger partial charge in [0.05, 0.1) is 23.1 Å². The number of nitrogens with one attached hydrogen (secondary N) is 1. The van der Waals surface area contributed by atoms with Gasteiger partial charge in [-0.25, -0.2) is 14.8 Å². The summed E-state index contributed by atoms with van der Waals surface area (Å²) in [5, 5.41) is 13.2. The lowest BCUT2D eigenvalue weighted by molar-refractivity contribution is -0.137. The number of fused-ring (bicyclic) bond motifs is 1. The Morgan fingerprint density at radius 3 is 2.50 bits per heavy atom. The molecular weight excluding hydrogens is 577 g/mol. The highest BCUT2D eigenvalue weighted by Gasteiger charge is 2.54. The number of alkyl halides is 3. The Balaban J connectivity index is 1.24. The van der Waals surface area contributed by atoms with Gasteiger partial charge < -0.3 is 24.5 Å². The molecular formula is C30H31F3N8O3. The maximum atomic E-state index is 14.0. The molecule has 14 heteroatoms. The van der Waals surface area contributed by atoms with Crippen LogP contribution in [-0.4, -0.2) is 76.2 Å². The summed E-state index contributed by atoms with van der Waals surface area (Å²) in [5.74, 6) is -0.0770. The van der Waals surface area contributed by atoms with Crippen molar-refractivity contribution >= 4 is 34.7 Å². The quantitative estimate of drug-likeness (QED) is 0.295. The van der Waals surface area contributed by atoms with Crippen molar-refractivity contribution in [2.45, 2.75) is 63.2 Å². The van der Waals surface area contributed by atoms with E-state index in [1.807, 2.05) is 4.57 Å². The first kappa shape index (κ1) is 28.2. The molecule has 1 saturated heterocycles. The number of aromatic nitrogens is 5. The molecule has 230 valence electrons. The van der Waals surface area contributed by atoms with Crippen molar-refractivity contribution in [2.24, 2.45) is 0 Å². The van der Waals surface area contributed by atoms with Crippen molar-refractivity contribution in [3.63, 3.8) is 0 Å². The van der Waals surface area contributed by atoms with Crippen molar-refractivity contribution in [3.8, 4) is 5.69 Å². The van der Waals surface area contributed by atoms with E-state index in [9.17, 15) is 27.9 Å². The van der Waals surface area contributed by atoms with Crippen LogP contribution >= 0.6 is 0 Å². The molecule has 11 nitrogen and oxygen atoms in total. The number of hydrogen-bond acceptors (Lipinski definition) is 6. The predicted octanol–water partition coefficient (Wildman–Crippen LogP) is 5.77. The second-order valence-electron chi connectivity index (χ2n) is 12.0. The van der Waals surface area contributed by atoms with Crippen LogP contribution in [0, 0.1) is 6.92 Å². The zero-order chi connectivity index (χ0) is 30.8. The maximum Gasteiger partial charge on any atom is 0.416 e. The number of aryl methyl sites for hydroxylation is 1. The highest BCUT2D eigenvalue weighted by Crippen LogP contribution is 2.45. The highest BCUT2D eigenvalue weighted by molar-refractivity contribution is 5.98. The van der Waals surface area contributed by atoms with Crippen molar-refractivity contribution in [3.05, 3.63) is 59.9 Å². The minimum atomic E-state index is -4.58. The Bertz CT molecular complexity index is 1770. The number of rotatable bonds is 5. The standard InChI is InChI=1S/C30H31F3N8O3/c1-18-15-39(17-35-18)23-12-20(30(31,32)33)11-21(13-23)36-27-34-14-19-10-24(41(25(19)37-27)22-4-2-3-5-22)26(42)38-8-9-40(28(43)44)29(16-38)6-7-29/h10-15,17,22H,2-9,16H2,1H3,(H,43,44)(H,34,36,37). The summed E-state index contributed by atoms with van der Waals surface area (Å²) in [6.45, 7) is 2.66. The Labute approximate surface area is 250 Å². The summed E-state index contributed by atoms with van der Waals surface area (Å²) < 4.78 is 45.0. The van der Waals surface area contributed by atoms with E-state index >= 15 is 0 Å². The van der Waals surface area contributed by atoms with E-state index in [0.29, 0.717) is 35.5 Å². The van der Waals surface area contributed by atoms with Crippen LogP contribution in [0.4, 0.5) is 29.6 Å². The van der Waals surface area contributed by atoms with Gasteiger partial charge in [-0.3, -0.25) is 9.69 Å². The third kappa shape index (κ3) is 5.01. The van der Waals surface area contributed by atoms with Gasteiger partial charge in [0, 0.05) is 54.8 Å². The first-order valence-corrected chi connectivity index (χ1v) is 14.7. The fraction of sp³-hybridized carbons (Fsp3) is 0.433. The molecule has 0 unspecified atom stereocenters. The smallest absolute Gasteiger partial charge is 0.416 e. The third-order valence-corrected chi connectivity index (χ3v) is 8.99. The van der Waals surface area contributed by atoms with E-state index in [1.165, 1.54) is 15.8 Å². The molecule has 0 bridgehead atoms. The average molecular weight is 609 g/mol. The van der Waals surface area contributed by atoms with Gasteiger partial charge in [-0.05, 0) is 56.9 Å². The summed E-state index contributed by atoms with van der Waals surface area (Å²) in [5.41, 5.74) is 0.753. The number of carboxylic acid groups (broad SMARTS) is 1. The number of nitrogens with zero attached hydrogens (tertiary/aromatic N) is 7. The average Bonchev–Trinajstić information content (AvgIpc) is 3.35. The normalized spacial score (nSPS) is 18.4. The van der Waals surface area contributed by atoms with Gasteiger partial charge in [0.25, 0.3) is 5.91 Å². The van der Waals surface area contributed by atoms with Gasteiger partial charge in [-0.15, -0.1) is 0 Å². The fourth-order valence-electron chi connectivity index (χ4n) is 6.64. The van der Waals surface area contributed by atoms with Crippen LogP contribution in [0.3, 0.4) is 0 Å².